The van der Waals surface area contributed by atoms with E-state index in [1.165, 1.54) is 5.56 Å². The number of esters is 1. The summed E-state index contributed by atoms with van der Waals surface area (Å²) in [5.74, 6) is 0.714. The van der Waals surface area contributed by atoms with E-state index in [-0.39, 0.29) is 17.8 Å². The van der Waals surface area contributed by atoms with Crippen LogP contribution in [-0.2, 0) is 9.53 Å². The molecule has 1 aromatic carbocycles. The molecule has 0 heterocycles. The first-order valence-electron chi connectivity index (χ1n) is 6.82. The highest BCUT2D eigenvalue weighted by molar-refractivity contribution is 5.72. The highest BCUT2D eigenvalue weighted by Gasteiger charge is 2.22. The fourth-order valence-corrected chi connectivity index (χ4v) is 1.73. The standard InChI is InChI=1S/C16H24O3/c1-6-18-16(17)14(5)13(4)10-19-15-9-11(2)7-8-12(15)3/h7-9,13-14H,6,10H2,1-5H3. The Morgan fingerprint density at radius 2 is 1.95 bits per heavy atom. The predicted molar refractivity (Wildman–Crippen MR) is 76.4 cm³/mol. The molecule has 0 bridgehead atoms. The largest absolute Gasteiger partial charge is 0.493 e. The Morgan fingerprint density at radius 3 is 2.58 bits per heavy atom. The summed E-state index contributed by atoms with van der Waals surface area (Å²) < 4.78 is 10.8. The average molecular weight is 264 g/mol. The van der Waals surface area contributed by atoms with Crippen LogP contribution in [0.15, 0.2) is 18.2 Å². The summed E-state index contributed by atoms with van der Waals surface area (Å²) >= 11 is 0. The fraction of sp³-hybridized carbons (Fsp3) is 0.562. The van der Waals surface area contributed by atoms with Crippen molar-refractivity contribution in [1.29, 1.82) is 0 Å². The van der Waals surface area contributed by atoms with Gasteiger partial charge in [-0.15, -0.1) is 0 Å². The van der Waals surface area contributed by atoms with Crippen molar-refractivity contribution in [2.24, 2.45) is 11.8 Å². The van der Waals surface area contributed by atoms with Gasteiger partial charge in [0.2, 0.25) is 0 Å². The smallest absolute Gasteiger partial charge is 0.309 e. The first-order chi connectivity index (χ1) is 8.95. The predicted octanol–water partition coefficient (Wildman–Crippen LogP) is 3.52. The van der Waals surface area contributed by atoms with Crippen LogP contribution in [0, 0.1) is 25.7 Å². The Bertz CT molecular complexity index is 426. The molecule has 0 aliphatic carbocycles. The molecule has 0 radical (unpaired) electrons. The maximum Gasteiger partial charge on any atom is 0.309 e. The molecule has 3 nitrogen and oxygen atoms in total. The number of ether oxygens (including phenoxy) is 2. The molecule has 19 heavy (non-hydrogen) atoms. The van der Waals surface area contributed by atoms with Crippen LogP contribution < -0.4 is 4.74 Å². The zero-order valence-electron chi connectivity index (χ0n) is 12.5. The van der Waals surface area contributed by atoms with Gasteiger partial charge in [0.15, 0.2) is 0 Å². The van der Waals surface area contributed by atoms with E-state index in [2.05, 4.69) is 6.07 Å². The highest BCUT2D eigenvalue weighted by atomic mass is 16.5. The minimum atomic E-state index is -0.153. The monoisotopic (exact) mass is 264 g/mol. The number of benzene rings is 1. The van der Waals surface area contributed by atoms with E-state index in [0.717, 1.165) is 11.3 Å². The van der Waals surface area contributed by atoms with Crippen LogP contribution in [-0.4, -0.2) is 19.2 Å². The molecular weight excluding hydrogens is 240 g/mol. The molecule has 0 saturated carbocycles. The average Bonchev–Trinajstić information content (AvgIpc) is 2.38. The third kappa shape index (κ3) is 4.58. The maximum absolute atomic E-state index is 11.6. The molecule has 0 amide bonds. The Morgan fingerprint density at radius 1 is 1.26 bits per heavy atom. The zero-order chi connectivity index (χ0) is 14.4. The lowest BCUT2D eigenvalue weighted by Crippen LogP contribution is -2.25. The second kappa shape index (κ2) is 7.17. The van der Waals surface area contributed by atoms with Gasteiger partial charge in [0, 0.05) is 5.92 Å². The SMILES string of the molecule is CCOC(=O)C(C)C(C)COc1cc(C)ccc1C. The van der Waals surface area contributed by atoms with Crippen LogP contribution in [0.3, 0.4) is 0 Å². The molecule has 0 spiro atoms. The fourth-order valence-electron chi connectivity index (χ4n) is 1.73. The topological polar surface area (TPSA) is 35.5 Å². The van der Waals surface area contributed by atoms with E-state index in [1.54, 1.807) is 0 Å². The van der Waals surface area contributed by atoms with E-state index >= 15 is 0 Å². The van der Waals surface area contributed by atoms with Crippen molar-refractivity contribution in [1.82, 2.24) is 0 Å². The van der Waals surface area contributed by atoms with Gasteiger partial charge in [-0.3, -0.25) is 4.79 Å². The van der Waals surface area contributed by atoms with E-state index in [9.17, 15) is 4.79 Å². The van der Waals surface area contributed by atoms with Crippen molar-refractivity contribution in [3.8, 4) is 5.75 Å². The highest BCUT2D eigenvalue weighted by Crippen LogP contribution is 2.21. The number of aryl methyl sites for hydroxylation is 2. The summed E-state index contributed by atoms with van der Waals surface area (Å²) in [6.45, 7) is 10.7. The minimum Gasteiger partial charge on any atom is -0.493 e. The maximum atomic E-state index is 11.6. The normalized spacial score (nSPS) is 13.7. The molecule has 1 rings (SSSR count). The van der Waals surface area contributed by atoms with E-state index in [1.807, 2.05) is 46.8 Å². The van der Waals surface area contributed by atoms with Crippen molar-refractivity contribution in [3.05, 3.63) is 29.3 Å². The molecule has 0 aromatic heterocycles. The van der Waals surface area contributed by atoms with E-state index < -0.39 is 0 Å². The number of hydrogen-bond acceptors (Lipinski definition) is 3. The Hall–Kier alpha value is -1.51. The molecule has 3 heteroatoms. The van der Waals surface area contributed by atoms with Gasteiger partial charge in [0.25, 0.3) is 0 Å². The van der Waals surface area contributed by atoms with Crippen LogP contribution in [0.4, 0.5) is 0 Å². The number of carbonyl (C=O) groups excluding carboxylic acids is 1. The van der Waals surface area contributed by atoms with Gasteiger partial charge in [0.1, 0.15) is 5.75 Å². The van der Waals surface area contributed by atoms with Gasteiger partial charge >= 0.3 is 5.97 Å². The third-order valence-corrected chi connectivity index (χ3v) is 3.36. The Balaban J connectivity index is 2.56. The van der Waals surface area contributed by atoms with Gasteiger partial charge in [0.05, 0.1) is 19.1 Å². The molecule has 0 aliphatic heterocycles. The van der Waals surface area contributed by atoms with Crippen molar-refractivity contribution in [2.45, 2.75) is 34.6 Å². The minimum absolute atomic E-state index is 0.124. The molecule has 106 valence electrons. The third-order valence-electron chi connectivity index (χ3n) is 3.36. The summed E-state index contributed by atoms with van der Waals surface area (Å²) in [6.07, 6.45) is 0. The summed E-state index contributed by atoms with van der Waals surface area (Å²) in [6, 6.07) is 6.13. The second-order valence-corrected chi connectivity index (χ2v) is 5.10. The van der Waals surface area contributed by atoms with E-state index in [4.69, 9.17) is 9.47 Å². The van der Waals surface area contributed by atoms with Crippen molar-refractivity contribution in [2.75, 3.05) is 13.2 Å². The van der Waals surface area contributed by atoms with Crippen LogP contribution in [0.1, 0.15) is 31.9 Å². The zero-order valence-corrected chi connectivity index (χ0v) is 12.5. The number of carbonyl (C=O) groups is 1. The van der Waals surface area contributed by atoms with Crippen LogP contribution >= 0.6 is 0 Å². The van der Waals surface area contributed by atoms with Crippen molar-refractivity contribution in [3.63, 3.8) is 0 Å². The summed E-state index contributed by atoms with van der Waals surface area (Å²) in [4.78, 5) is 11.6. The summed E-state index contributed by atoms with van der Waals surface area (Å²) in [5, 5.41) is 0. The summed E-state index contributed by atoms with van der Waals surface area (Å²) in [7, 11) is 0. The van der Waals surface area contributed by atoms with Gasteiger partial charge in [-0.05, 0) is 38.0 Å². The molecule has 0 N–H and O–H groups in total. The Labute approximate surface area is 115 Å². The quantitative estimate of drug-likeness (QED) is 0.737. The van der Waals surface area contributed by atoms with Gasteiger partial charge in [-0.25, -0.2) is 0 Å². The number of rotatable bonds is 6. The first kappa shape index (κ1) is 15.5. The first-order valence-corrected chi connectivity index (χ1v) is 6.82. The lowest BCUT2D eigenvalue weighted by atomic mass is 9.97. The van der Waals surface area contributed by atoms with Crippen LogP contribution in [0.5, 0.6) is 5.75 Å². The molecule has 0 saturated heterocycles. The van der Waals surface area contributed by atoms with Crippen LogP contribution in [0.25, 0.3) is 0 Å². The van der Waals surface area contributed by atoms with Crippen LogP contribution in [0.2, 0.25) is 0 Å². The van der Waals surface area contributed by atoms with Gasteiger partial charge in [-0.1, -0.05) is 26.0 Å². The molecule has 0 aliphatic rings. The lowest BCUT2D eigenvalue weighted by molar-refractivity contribution is -0.149. The number of hydrogen-bond donors (Lipinski definition) is 0. The van der Waals surface area contributed by atoms with Gasteiger partial charge < -0.3 is 9.47 Å². The second-order valence-electron chi connectivity index (χ2n) is 5.10. The molecule has 2 unspecified atom stereocenters. The molecule has 0 fully saturated rings. The Kier molecular flexibility index (Phi) is 5.87. The molecular formula is C16H24O3. The lowest BCUT2D eigenvalue weighted by Gasteiger charge is -2.19. The van der Waals surface area contributed by atoms with Crippen molar-refractivity contribution < 1.29 is 14.3 Å². The van der Waals surface area contributed by atoms with E-state index in [0.29, 0.717) is 13.2 Å². The summed E-state index contributed by atoms with van der Waals surface area (Å²) in [5.41, 5.74) is 2.29. The van der Waals surface area contributed by atoms with Crippen molar-refractivity contribution >= 4 is 5.97 Å². The molecule has 2 atom stereocenters. The molecule has 1 aromatic rings. The van der Waals surface area contributed by atoms with Gasteiger partial charge in [-0.2, -0.15) is 0 Å².